The summed E-state index contributed by atoms with van der Waals surface area (Å²) >= 11 is 0. The van der Waals surface area contributed by atoms with Crippen molar-refractivity contribution in [2.45, 2.75) is 20.4 Å². The molecule has 0 aliphatic rings. The fourth-order valence-electron chi connectivity index (χ4n) is 1.60. The maximum Gasteiger partial charge on any atom is 0.0277 e. The molecule has 0 aliphatic heterocycles. The van der Waals surface area contributed by atoms with E-state index in [4.69, 9.17) is 0 Å². The van der Waals surface area contributed by atoms with Gasteiger partial charge >= 0.3 is 0 Å². The predicted molar refractivity (Wildman–Crippen MR) is 56.5 cm³/mol. The van der Waals surface area contributed by atoms with Crippen LogP contribution in [0.1, 0.15) is 13.8 Å². The van der Waals surface area contributed by atoms with E-state index in [0.29, 0.717) is 0 Å². The van der Waals surface area contributed by atoms with Gasteiger partial charge < -0.3 is 4.57 Å². The second kappa shape index (κ2) is 3.25. The number of hydrogen-bond donors (Lipinski definition) is 0. The Morgan fingerprint density at radius 1 is 1.08 bits per heavy atom. The van der Waals surface area contributed by atoms with Gasteiger partial charge in [0, 0.05) is 18.9 Å². The molecule has 0 unspecified atom stereocenters. The molecule has 2 aromatic rings. The van der Waals surface area contributed by atoms with Crippen LogP contribution in [0.5, 0.6) is 0 Å². The van der Waals surface area contributed by atoms with E-state index < -0.39 is 0 Å². The molecule has 0 saturated heterocycles. The van der Waals surface area contributed by atoms with Gasteiger partial charge in [-0.15, -0.1) is 0 Å². The molecule has 1 heteroatoms. The highest BCUT2D eigenvalue weighted by Gasteiger charge is 1.99. The molecule has 1 aromatic carbocycles. The van der Waals surface area contributed by atoms with Crippen molar-refractivity contribution in [2.24, 2.45) is 0 Å². The molecule has 2 rings (SSSR count). The van der Waals surface area contributed by atoms with Gasteiger partial charge in [-0.2, -0.15) is 0 Å². The number of aromatic nitrogens is 1. The van der Waals surface area contributed by atoms with Crippen molar-refractivity contribution in [3.63, 3.8) is 0 Å². The van der Waals surface area contributed by atoms with E-state index in [1.807, 2.05) is 0 Å². The highest BCUT2D eigenvalue weighted by atomic mass is 14.9. The molecule has 1 nitrogen and oxygen atoms in total. The molecule has 0 saturated carbocycles. The molecule has 0 aliphatic carbocycles. The fraction of sp³-hybridized carbons (Fsp3) is 0.250. The molecule has 67 valence electrons. The van der Waals surface area contributed by atoms with Gasteiger partial charge in [0.2, 0.25) is 0 Å². The van der Waals surface area contributed by atoms with Crippen LogP contribution in [0.2, 0.25) is 0 Å². The van der Waals surface area contributed by atoms with Crippen molar-refractivity contribution in [1.82, 2.24) is 4.57 Å². The maximum absolute atomic E-state index is 2.24. The first-order valence-electron chi connectivity index (χ1n) is 4.59. The molecule has 0 spiro atoms. The van der Waals surface area contributed by atoms with Crippen LogP contribution in [-0.4, -0.2) is 4.57 Å². The molecule has 13 heavy (non-hydrogen) atoms. The summed E-state index contributed by atoms with van der Waals surface area (Å²) in [6.45, 7) is 5.34. The molecule has 0 fully saturated rings. The number of nitrogens with zero attached hydrogens (tertiary/aromatic N) is 1. The number of hydrogen-bond acceptors (Lipinski definition) is 0. The van der Waals surface area contributed by atoms with Gasteiger partial charge in [0.15, 0.2) is 0 Å². The van der Waals surface area contributed by atoms with Crippen molar-refractivity contribution in [1.29, 1.82) is 0 Å². The van der Waals surface area contributed by atoms with Crippen LogP contribution in [0, 0.1) is 5.92 Å². The standard InChI is InChI=1S/C12H14N/c1-10(2)7-13-8-11-5-3-4-6-12(11)9-13/h3-6,8-9H,7H2,1-2H3. The van der Waals surface area contributed by atoms with Crippen molar-refractivity contribution in [2.75, 3.05) is 0 Å². The molecule has 0 bridgehead atoms. The second-order valence-electron chi connectivity index (χ2n) is 3.77. The van der Waals surface area contributed by atoms with Crippen molar-refractivity contribution in [3.05, 3.63) is 42.6 Å². The van der Waals surface area contributed by atoms with Crippen molar-refractivity contribution < 1.29 is 0 Å². The zero-order valence-electron chi connectivity index (χ0n) is 8.12. The Labute approximate surface area is 79.0 Å². The van der Waals surface area contributed by atoms with Gasteiger partial charge in [0.1, 0.15) is 0 Å². The zero-order chi connectivity index (χ0) is 9.26. The zero-order valence-corrected chi connectivity index (χ0v) is 8.12. The normalized spacial score (nSPS) is 11.3. The summed E-state index contributed by atoms with van der Waals surface area (Å²) in [5.74, 6) is 1.43. The van der Waals surface area contributed by atoms with E-state index in [-0.39, 0.29) is 0 Å². The topological polar surface area (TPSA) is 4.93 Å². The first-order valence-corrected chi connectivity index (χ1v) is 4.59. The van der Waals surface area contributed by atoms with E-state index in [1.54, 1.807) is 0 Å². The minimum atomic E-state index is 1.02. The molecule has 0 amide bonds. The minimum Gasteiger partial charge on any atom is -0.352 e. The van der Waals surface area contributed by atoms with Crippen LogP contribution in [0.4, 0.5) is 0 Å². The predicted octanol–water partition coefficient (Wildman–Crippen LogP) is 3.26. The Bertz CT molecular complexity index is 365. The summed E-state index contributed by atoms with van der Waals surface area (Å²) in [6.07, 6.45) is 4.39. The summed E-state index contributed by atoms with van der Waals surface area (Å²) in [5.41, 5.74) is 0. The van der Waals surface area contributed by atoms with Crippen LogP contribution in [0.3, 0.4) is 0 Å². The largest absolute Gasteiger partial charge is 0.352 e. The molecular weight excluding hydrogens is 158 g/mol. The number of benzene rings is 1. The van der Waals surface area contributed by atoms with Gasteiger partial charge in [-0.3, -0.25) is 0 Å². The Kier molecular flexibility index (Phi) is 2.09. The molecule has 0 N–H and O–H groups in total. The van der Waals surface area contributed by atoms with Crippen molar-refractivity contribution >= 4 is 10.8 Å². The first kappa shape index (κ1) is 8.36. The summed E-state index contributed by atoms with van der Waals surface area (Å²) in [7, 11) is 0. The summed E-state index contributed by atoms with van der Waals surface area (Å²) < 4.78 is 2.24. The Morgan fingerprint density at radius 2 is 1.62 bits per heavy atom. The average molecular weight is 172 g/mol. The molecule has 1 heterocycles. The Balaban J connectivity index is 2.38. The van der Waals surface area contributed by atoms with E-state index in [9.17, 15) is 0 Å². The lowest BCUT2D eigenvalue weighted by Crippen LogP contribution is -1.98. The Hall–Kier alpha value is -1.24. The van der Waals surface area contributed by atoms with Gasteiger partial charge in [-0.25, -0.2) is 0 Å². The second-order valence-corrected chi connectivity index (χ2v) is 3.77. The van der Waals surface area contributed by atoms with Gasteiger partial charge in [-0.1, -0.05) is 38.1 Å². The first-order chi connectivity index (χ1) is 6.25. The SMILES string of the molecule is C[C](C)Cn1cc2ccccc2c1. The number of rotatable bonds is 2. The average Bonchev–Trinajstić information content (AvgIpc) is 2.44. The smallest absolute Gasteiger partial charge is 0.0277 e. The molecule has 0 atom stereocenters. The van der Waals surface area contributed by atoms with Gasteiger partial charge in [0.25, 0.3) is 0 Å². The quantitative estimate of drug-likeness (QED) is 0.655. The van der Waals surface area contributed by atoms with Crippen LogP contribution in [0.15, 0.2) is 36.7 Å². The third-order valence-corrected chi connectivity index (χ3v) is 2.10. The van der Waals surface area contributed by atoms with Crippen molar-refractivity contribution in [3.8, 4) is 0 Å². The molecular formula is C12H14N. The molecule has 1 aromatic heterocycles. The van der Waals surface area contributed by atoms with E-state index in [0.717, 1.165) is 6.54 Å². The van der Waals surface area contributed by atoms with Crippen LogP contribution < -0.4 is 0 Å². The van der Waals surface area contributed by atoms with Gasteiger partial charge in [-0.05, 0) is 16.7 Å². The summed E-state index contributed by atoms with van der Waals surface area (Å²) in [6, 6.07) is 8.46. The lowest BCUT2D eigenvalue weighted by Gasteiger charge is -2.03. The summed E-state index contributed by atoms with van der Waals surface area (Å²) in [5, 5.41) is 2.65. The highest BCUT2D eigenvalue weighted by molar-refractivity contribution is 5.82. The number of fused-ring (bicyclic) bond motifs is 1. The van der Waals surface area contributed by atoms with Gasteiger partial charge in [0.05, 0.1) is 0 Å². The van der Waals surface area contributed by atoms with E-state index >= 15 is 0 Å². The van der Waals surface area contributed by atoms with Crippen LogP contribution in [-0.2, 0) is 6.54 Å². The maximum atomic E-state index is 2.24. The summed E-state index contributed by atoms with van der Waals surface area (Å²) in [4.78, 5) is 0. The lowest BCUT2D eigenvalue weighted by molar-refractivity contribution is 0.719. The lowest BCUT2D eigenvalue weighted by atomic mass is 10.2. The van der Waals surface area contributed by atoms with Crippen LogP contribution in [0.25, 0.3) is 10.8 Å². The van der Waals surface area contributed by atoms with Crippen LogP contribution >= 0.6 is 0 Å². The monoisotopic (exact) mass is 172 g/mol. The van der Waals surface area contributed by atoms with E-state index in [2.05, 4.69) is 55.1 Å². The fourth-order valence-corrected chi connectivity index (χ4v) is 1.60. The third-order valence-electron chi connectivity index (χ3n) is 2.10. The Morgan fingerprint density at radius 3 is 2.08 bits per heavy atom. The van der Waals surface area contributed by atoms with E-state index in [1.165, 1.54) is 16.7 Å². The molecule has 1 radical (unpaired) electrons. The third kappa shape index (κ3) is 1.74. The minimum absolute atomic E-state index is 1.02. The highest BCUT2D eigenvalue weighted by Crippen LogP contribution is 2.15.